The SMILES string of the molecule is C#CC.C=C(CCN1CCC(CSc2ccc(F)cc2)(OC)CC1)/C(C)=C(S)/C=C\CC. The van der Waals surface area contributed by atoms with Crippen LogP contribution in [0.15, 0.2) is 63.9 Å². The average molecular weight is 476 g/mol. The number of ether oxygens (including phenoxy) is 1. The summed E-state index contributed by atoms with van der Waals surface area (Å²) in [4.78, 5) is 4.59. The first-order chi connectivity index (χ1) is 15.3. The summed E-state index contributed by atoms with van der Waals surface area (Å²) >= 11 is 6.34. The molecular weight excluding hydrogens is 437 g/mol. The van der Waals surface area contributed by atoms with Gasteiger partial charge in [-0.2, -0.15) is 0 Å². The fourth-order valence-corrected chi connectivity index (χ4v) is 4.78. The van der Waals surface area contributed by atoms with Gasteiger partial charge in [0.1, 0.15) is 5.82 Å². The van der Waals surface area contributed by atoms with Gasteiger partial charge in [-0.05, 0) is 74.9 Å². The van der Waals surface area contributed by atoms with E-state index in [-0.39, 0.29) is 11.4 Å². The summed E-state index contributed by atoms with van der Waals surface area (Å²) in [6, 6.07) is 6.71. The zero-order valence-corrected chi connectivity index (χ0v) is 21.7. The smallest absolute Gasteiger partial charge is 0.123 e. The largest absolute Gasteiger partial charge is 0.377 e. The topological polar surface area (TPSA) is 12.5 Å². The van der Waals surface area contributed by atoms with Crippen LogP contribution in [0.1, 0.15) is 46.5 Å². The van der Waals surface area contributed by atoms with Crippen LogP contribution in [0.5, 0.6) is 0 Å². The van der Waals surface area contributed by atoms with Gasteiger partial charge in [-0.3, -0.25) is 0 Å². The first-order valence-electron chi connectivity index (χ1n) is 11.1. The summed E-state index contributed by atoms with van der Waals surface area (Å²) in [5, 5.41) is 0. The van der Waals surface area contributed by atoms with Gasteiger partial charge in [-0.25, -0.2) is 4.39 Å². The van der Waals surface area contributed by atoms with E-state index in [2.05, 4.69) is 62.5 Å². The first kappa shape index (κ1) is 28.6. The van der Waals surface area contributed by atoms with Gasteiger partial charge in [0.2, 0.25) is 0 Å². The second kappa shape index (κ2) is 15.4. The van der Waals surface area contributed by atoms with Crippen LogP contribution < -0.4 is 0 Å². The maximum atomic E-state index is 13.1. The Hall–Kier alpha value is -1.45. The molecule has 0 saturated carbocycles. The molecule has 1 aromatic carbocycles. The maximum Gasteiger partial charge on any atom is 0.123 e. The zero-order chi connectivity index (χ0) is 24.0. The van der Waals surface area contributed by atoms with Gasteiger partial charge in [-0.1, -0.05) is 25.7 Å². The van der Waals surface area contributed by atoms with Gasteiger partial charge in [0.05, 0.1) is 5.60 Å². The first-order valence-corrected chi connectivity index (χ1v) is 12.5. The number of thioether (sulfide) groups is 1. The fraction of sp³-hybridized carbons (Fsp3) is 0.481. The van der Waals surface area contributed by atoms with E-state index >= 15 is 0 Å². The molecule has 1 aromatic rings. The van der Waals surface area contributed by atoms with E-state index in [0.29, 0.717) is 0 Å². The van der Waals surface area contributed by atoms with Crippen LogP contribution in [-0.2, 0) is 4.74 Å². The molecule has 0 unspecified atom stereocenters. The van der Waals surface area contributed by atoms with Crippen LogP contribution >= 0.6 is 24.4 Å². The van der Waals surface area contributed by atoms with Crippen LogP contribution in [0.4, 0.5) is 4.39 Å². The quantitative estimate of drug-likeness (QED) is 0.167. The third-order valence-electron chi connectivity index (χ3n) is 5.67. The second-order valence-corrected chi connectivity index (χ2v) is 9.47. The van der Waals surface area contributed by atoms with Crippen molar-refractivity contribution in [2.45, 2.75) is 57.0 Å². The number of piperidine rings is 1. The third kappa shape index (κ3) is 10.0. The summed E-state index contributed by atoms with van der Waals surface area (Å²) < 4.78 is 19.0. The number of nitrogens with zero attached hydrogens (tertiary/aromatic N) is 1. The Bertz CT molecular complexity index is 800. The molecular formula is C27H38FNOS2. The number of hydrogen-bond donors (Lipinski definition) is 1. The number of benzene rings is 1. The van der Waals surface area contributed by atoms with E-state index in [4.69, 9.17) is 4.74 Å². The van der Waals surface area contributed by atoms with Crippen LogP contribution in [0, 0.1) is 18.2 Å². The Labute approximate surface area is 204 Å². The molecule has 0 N–H and O–H groups in total. The van der Waals surface area contributed by atoms with E-state index < -0.39 is 0 Å². The summed E-state index contributed by atoms with van der Waals surface area (Å²) in [6.45, 7) is 13.2. The van der Waals surface area contributed by atoms with Crippen molar-refractivity contribution < 1.29 is 9.13 Å². The van der Waals surface area contributed by atoms with Gasteiger partial charge in [0.15, 0.2) is 0 Å². The number of thiol groups is 1. The molecule has 32 heavy (non-hydrogen) atoms. The Kier molecular flexibility index (Phi) is 13.8. The van der Waals surface area contributed by atoms with Crippen molar-refractivity contribution in [1.29, 1.82) is 0 Å². The molecule has 1 fully saturated rings. The van der Waals surface area contributed by atoms with Gasteiger partial charge in [0, 0.05) is 42.3 Å². The number of halogens is 1. The monoisotopic (exact) mass is 475 g/mol. The summed E-state index contributed by atoms with van der Waals surface area (Å²) in [6.07, 6.45) is 12.8. The van der Waals surface area contributed by atoms with E-state index in [1.807, 2.05) is 19.2 Å². The molecule has 1 heterocycles. The standard InChI is InChI=1S/C24H34FNOS2.C3H4/c1-5-6-7-23(28)20(3)19(2)12-15-26-16-13-24(27-4,14-17-26)18-29-22-10-8-21(25)9-11-22;1-3-2/h6-11,28H,2,5,12-18H2,1,3-4H3;1H,2H3/b7-6-,23-20-;. The minimum Gasteiger partial charge on any atom is -0.377 e. The highest BCUT2D eigenvalue weighted by Crippen LogP contribution is 2.33. The lowest BCUT2D eigenvalue weighted by Crippen LogP contribution is -2.47. The van der Waals surface area contributed by atoms with E-state index in [0.717, 1.165) is 66.4 Å². The van der Waals surface area contributed by atoms with E-state index in [1.54, 1.807) is 18.7 Å². The van der Waals surface area contributed by atoms with Crippen molar-refractivity contribution in [3.8, 4) is 12.3 Å². The molecule has 0 spiro atoms. The van der Waals surface area contributed by atoms with Gasteiger partial charge >= 0.3 is 0 Å². The summed E-state index contributed by atoms with van der Waals surface area (Å²) in [5.41, 5.74) is 2.23. The van der Waals surface area contributed by atoms with Gasteiger partial charge < -0.3 is 9.64 Å². The average Bonchev–Trinajstić information content (AvgIpc) is 2.81. The summed E-state index contributed by atoms with van der Waals surface area (Å²) in [5.74, 6) is 2.95. The zero-order valence-electron chi connectivity index (χ0n) is 20.0. The van der Waals surface area contributed by atoms with Crippen molar-refractivity contribution in [3.63, 3.8) is 0 Å². The third-order valence-corrected chi connectivity index (χ3v) is 7.43. The predicted molar refractivity (Wildman–Crippen MR) is 142 cm³/mol. The normalized spacial score (nSPS) is 16.7. The Morgan fingerprint density at radius 2 is 1.94 bits per heavy atom. The van der Waals surface area contributed by atoms with Crippen LogP contribution in [0.2, 0.25) is 0 Å². The van der Waals surface area contributed by atoms with Crippen LogP contribution in [0.3, 0.4) is 0 Å². The highest BCUT2D eigenvalue weighted by Gasteiger charge is 2.34. The molecule has 1 aliphatic heterocycles. The lowest BCUT2D eigenvalue weighted by Gasteiger charge is -2.41. The lowest BCUT2D eigenvalue weighted by molar-refractivity contribution is -0.0385. The molecule has 0 radical (unpaired) electrons. The van der Waals surface area contributed by atoms with E-state index in [1.165, 1.54) is 17.7 Å². The molecule has 2 rings (SSSR count). The number of likely N-dealkylation sites (tertiary alicyclic amines) is 1. The molecule has 1 aliphatic rings. The second-order valence-electron chi connectivity index (χ2n) is 7.93. The minimum atomic E-state index is -0.192. The Balaban J connectivity index is 0.00000161. The van der Waals surface area contributed by atoms with Crippen molar-refractivity contribution >= 4 is 24.4 Å². The number of allylic oxidation sites excluding steroid dienone is 3. The number of terminal acetylenes is 1. The predicted octanol–water partition coefficient (Wildman–Crippen LogP) is 7.15. The van der Waals surface area contributed by atoms with Crippen LogP contribution in [0.25, 0.3) is 0 Å². The summed E-state index contributed by atoms with van der Waals surface area (Å²) in [7, 11) is 1.81. The molecule has 0 bridgehead atoms. The Morgan fingerprint density at radius 3 is 2.47 bits per heavy atom. The lowest BCUT2D eigenvalue weighted by atomic mass is 9.92. The minimum absolute atomic E-state index is 0.106. The molecule has 0 aromatic heterocycles. The van der Waals surface area contributed by atoms with Crippen LogP contribution in [-0.4, -0.2) is 43.0 Å². The molecule has 5 heteroatoms. The highest BCUT2D eigenvalue weighted by molar-refractivity contribution is 7.99. The van der Waals surface area contributed by atoms with Crippen molar-refractivity contribution in [3.05, 3.63) is 64.9 Å². The number of hydrogen-bond acceptors (Lipinski definition) is 4. The van der Waals surface area contributed by atoms with Crippen molar-refractivity contribution in [1.82, 2.24) is 4.90 Å². The number of methoxy groups -OCH3 is 1. The molecule has 0 atom stereocenters. The van der Waals surface area contributed by atoms with Gasteiger partial charge in [0.25, 0.3) is 0 Å². The molecule has 0 aliphatic carbocycles. The molecule has 176 valence electrons. The molecule has 0 amide bonds. The van der Waals surface area contributed by atoms with E-state index in [9.17, 15) is 4.39 Å². The fourth-order valence-electron chi connectivity index (χ4n) is 3.35. The Morgan fingerprint density at radius 1 is 1.34 bits per heavy atom. The van der Waals surface area contributed by atoms with Gasteiger partial charge in [-0.15, -0.1) is 36.7 Å². The van der Waals surface area contributed by atoms with Crippen molar-refractivity contribution in [2.24, 2.45) is 0 Å². The highest BCUT2D eigenvalue weighted by atomic mass is 32.2. The molecule has 1 saturated heterocycles. The van der Waals surface area contributed by atoms with Crippen molar-refractivity contribution in [2.75, 3.05) is 32.5 Å². The number of rotatable bonds is 10. The molecule has 2 nitrogen and oxygen atoms in total. The maximum absolute atomic E-state index is 13.1.